The highest BCUT2D eigenvalue weighted by atomic mass is 16.5. The fourth-order valence-corrected chi connectivity index (χ4v) is 1.54. The normalized spacial score (nSPS) is 17.2. The second-order valence-electron chi connectivity index (χ2n) is 3.89. The average molecular weight is 212 g/mol. The molecule has 0 saturated heterocycles. The van der Waals surface area contributed by atoms with Gasteiger partial charge in [-0.2, -0.15) is 0 Å². The van der Waals surface area contributed by atoms with Gasteiger partial charge in [0, 0.05) is 19.7 Å². The maximum absolute atomic E-state index is 11.9. The fourth-order valence-electron chi connectivity index (χ4n) is 1.54. The Morgan fingerprint density at radius 1 is 1.73 bits per heavy atom. The lowest BCUT2D eigenvalue weighted by molar-refractivity contribution is -0.133. The highest BCUT2D eigenvalue weighted by Gasteiger charge is 2.33. The monoisotopic (exact) mass is 212 g/mol. The summed E-state index contributed by atoms with van der Waals surface area (Å²) in [7, 11) is 1.64. The Hall–Kier alpha value is -0.870. The van der Waals surface area contributed by atoms with Gasteiger partial charge < -0.3 is 15.4 Å². The van der Waals surface area contributed by atoms with Gasteiger partial charge in [-0.25, -0.2) is 0 Å². The van der Waals surface area contributed by atoms with Gasteiger partial charge in [0.05, 0.1) is 12.6 Å². The molecule has 0 aromatic heterocycles. The van der Waals surface area contributed by atoms with Crippen molar-refractivity contribution in [3.8, 4) is 0 Å². The third-order valence-electron chi connectivity index (χ3n) is 2.54. The standard InChI is InChI=1S/C11H20N2O2/c1-3-4-10(12)11(14)13(7-8-15-2)9-5-6-9/h3,9-10H,1,4-8,12H2,2H3. The van der Waals surface area contributed by atoms with Crippen LogP contribution in [-0.2, 0) is 9.53 Å². The molecule has 15 heavy (non-hydrogen) atoms. The molecular weight excluding hydrogens is 192 g/mol. The molecule has 2 N–H and O–H groups in total. The molecule has 1 rings (SSSR count). The van der Waals surface area contributed by atoms with Gasteiger partial charge >= 0.3 is 0 Å². The van der Waals surface area contributed by atoms with Crippen LogP contribution in [0.5, 0.6) is 0 Å². The Morgan fingerprint density at radius 3 is 2.87 bits per heavy atom. The van der Waals surface area contributed by atoms with Crippen LogP contribution < -0.4 is 5.73 Å². The maximum atomic E-state index is 11.9. The largest absolute Gasteiger partial charge is 0.383 e. The molecule has 0 spiro atoms. The van der Waals surface area contributed by atoms with Crippen molar-refractivity contribution in [3.05, 3.63) is 12.7 Å². The van der Waals surface area contributed by atoms with Crippen molar-refractivity contribution in [1.82, 2.24) is 4.90 Å². The summed E-state index contributed by atoms with van der Waals surface area (Å²) in [5.74, 6) is 0.0226. The lowest BCUT2D eigenvalue weighted by Crippen LogP contribution is -2.46. The number of methoxy groups -OCH3 is 1. The number of carbonyl (C=O) groups is 1. The molecule has 1 aliphatic rings. The van der Waals surface area contributed by atoms with Crippen molar-refractivity contribution < 1.29 is 9.53 Å². The minimum absolute atomic E-state index is 0.0226. The number of carbonyl (C=O) groups excluding carboxylic acids is 1. The predicted molar refractivity (Wildman–Crippen MR) is 59.4 cm³/mol. The highest BCUT2D eigenvalue weighted by Crippen LogP contribution is 2.27. The molecular formula is C11H20N2O2. The second kappa shape index (κ2) is 5.88. The summed E-state index contributed by atoms with van der Waals surface area (Å²) >= 11 is 0. The van der Waals surface area contributed by atoms with Crippen molar-refractivity contribution in [2.45, 2.75) is 31.3 Å². The summed E-state index contributed by atoms with van der Waals surface area (Å²) in [4.78, 5) is 13.8. The molecule has 0 heterocycles. The molecule has 86 valence electrons. The van der Waals surface area contributed by atoms with E-state index in [-0.39, 0.29) is 5.91 Å². The lowest BCUT2D eigenvalue weighted by Gasteiger charge is -2.24. The van der Waals surface area contributed by atoms with Gasteiger partial charge in [0.15, 0.2) is 0 Å². The minimum Gasteiger partial charge on any atom is -0.383 e. The van der Waals surface area contributed by atoms with Crippen LogP contribution in [-0.4, -0.2) is 43.2 Å². The van der Waals surface area contributed by atoms with Gasteiger partial charge in [-0.1, -0.05) is 6.08 Å². The molecule has 4 heteroatoms. The molecule has 0 aliphatic heterocycles. The molecule has 0 aromatic carbocycles. The van der Waals surface area contributed by atoms with E-state index in [4.69, 9.17) is 10.5 Å². The summed E-state index contributed by atoms with van der Waals surface area (Å²) in [5.41, 5.74) is 5.76. The fraction of sp³-hybridized carbons (Fsp3) is 0.727. The van der Waals surface area contributed by atoms with Gasteiger partial charge in [0.1, 0.15) is 0 Å². The van der Waals surface area contributed by atoms with E-state index in [1.807, 2.05) is 4.90 Å². The Kier molecular flexibility index (Phi) is 4.78. The zero-order valence-corrected chi connectivity index (χ0v) is 9.32. The second-order valence-corrected chi connectivity index (χ2v) is 3.89. The summed E-state index contributed by atoms with van der Waals surface area (Å²) < 4.78 is 4.99. The Bertz CT molecular complexity index is 227. The molecule has 1 aliphatic carbocycles. The van der Waals surface area contributed by atoms with Crippen molar-refractivity contribution in [3.63, 3.8) is 0 Å². The summed E-state index contributed by atoms with van der Waals surface area (Å²) in [6.45, 7) is 4.81. The SMILES string of the molecule is C=CCC(N)C(=O)N(CCOC)C1CC1. The zero-order valence-electron chi connectivity index (χ0n) is 9.32. The van der Waals surface area contributed by atoms with Crippen LogP contribution in [0.4, 0.5) is 0 Å². The smallest absolute Gasteiger partial charge is 0.240 e. The number of nitrogens with two attached hydrogens (primary N) is 1. The van der Waals surface area contributed by atoms with Gasteiger partial charge in [0.25, 0.3) is 0 Å². The Morgan fingerprint density at radius 2 is 2.40 bits per heavy atom. The van der Waals surface area contributed by atoms with Crippen LogP contribution in [0.3, 0.4) is 0 Å². The van der Waals surface area contributed by atoms with Crippen LogP contribution in [0.1, 0.15) is 19.3 Å². The topological polar surface area (TPSA) is 55.6 Å². The number of rotatable bonds is 7. The molecule has 1 saturated carbocycles. The number of hydrogen-bond donors (Lipinski definition) is 1. The van der Waals surface area contributed by atoms with Crippen LogP contribution in [0.25, 0.3) is 0 Å². The van der Waals surface area contributed by atoms with Gasteiger partial charge in [-0.15, -0.1) is 6.58 Å². The Labute approximate surface area is 91.1 Å². The molecule has 0 bridgehead atoms. The Balaban J connectivity index is 2.46. The summed E-state index contributed by atoms with van der Waals surface area (Å²) in [6, 6.07) is -0.0523. The third kappa shape index (κ3) is 3.64. The van der Waals surface area contributed by atoms with E-state index < -0.39 is 6.04 Å². The number of ether oxygens (including phenoxy) is 1. The van der Waals surface area contributed by atoms with E-state index in [0.29, 0.717) is 25.6 Å². The maximum Gasteiger partial charge on any atom is 0.240 e. The first kappa shape index (κ1) is 12.2. The van der Waals surface area contributed by atoms with Crippen molar-refractivity contribution in [2.75, 3.05) is 20.3 Å². The first-order chi connectivity index (χ1) is 7.20. The van der Waals surface area contributed by atoms with Crippen molar-refractivity contribution in [1.29, 1.82) is 0 Å². The van der Waals surface area contributed by atoms with Crippen LogP contribution in [0.15, 0.2) is 12.7 Å². The van der Waals surface area contributed by atoms with Crippen molar-refractivity contribution in [2.24, 2.45) is 5.73 Å². The predicted octanol–water partition coefficient (Wildman–Crippen LogP) is 0.527. The minimum atomic E-state index is -0.444. The van der Waals surface area contributed by atoms with E-state index in [9.17, 15) is 4.79 Å². The number of hydrogen-bond acceptors (Lipinski definition) is 3. The van der Waals surface area contributed by atoms with E-state index in [1.54, 1.807) is 13.2 Å². The van der Waals surface area contributed by atoms with Crippen molar-refractivity contribution >= 4 is 5.91 Å². The van der Waals surface area contributed by atoms with Crippen LogP contribution in [0, 0.1) is 0 Å². The van der Waals surface area contributed by atoms with Crippen LogP contribution >= 0.6 is 0 Å². The van der Waals surface area contributed by atoms with Gasteiger partial charge in [0.2, 0.25) is 5.91 Å². The number of nitrogens with zero attached hydrogens (tertiary/aromatic N) is 1. The molecule has 4 nitrogen and oxygen atoms in total. The lowest BCUT2D eigenvalue weighted by atomic mass is 10.2. The van der Waals surface area contributed by atoms with E-state index >= 15 is 0 Å². The van der Waals surface area contributed by atoms with E-state index in [1.165, 1.54) is 0 Å². The summed E-state index contributed by atoms with van der Waals surface area (Å²) in [6.07, 6.45) is 4.41. The molecule has 0 radical (unpaired) electrons. The third-order valence-corrected chi connectivity index (χ3v) is 2.54. The first-order valence-corrected chi connectivity index (χ1v) is 5.36. The summed E-state index contributed by atoms with van der Waals surface area (Å²) in [5, 5.41) is 0. The van der Waals surface area contributed by atoms with E-state index in [0.717, 1.165) is 12.8 Å². The molecule has 1 amide bonds. The quantitative estimate of drug-likeness (QED) is 0.626. The average Bonchev–Trinajstić information content (AvgIpc) is 3.02. The molecule has 0 aromatic rings. The molecule has 1 fully saturated rings. The number of amides is 1. The van der Waals surface area contributed by atoms with Gasteiger partial charge in [-0.3, -0.25) is 4.79 Å². The van der Waals surface area contributed by atoms with Crippen LogP contribution in [0.2, 0.25) is 0 Å². The van der Waals surface area contributed by atoms with E-state index in [2.05, 4.69) is 6.58 Å². The van der Waals surface area contributed by atoms with Gasteiger partial charge in [-0.05, 0) is 19.3 Å². The molecule has 1 atom stereocenters. The highest BCUT2D eigenvalue weighted by molar-refractivity contribution is 5.82. The molecule has 1 unspecified atom stereocenters. The zero-order chi connectivity index (χ0) is 11.3. The first-order valence-electron chi connectivity index (χ1n) is 5.36.